The summed E-state index contributed by atoms with van der Waals surface area (Å²) < 4.78 is 1.26. The first-order chi connectivity index (χ1) is 14.5. The molecular formula is C22H18N4O3S. The second-order valence-corrected chi connectivity index (χ2v) is 7.58. The third-order valence-electron chi connectivity index (χ3n) is 4.57. The lowest BCUT2D eigenvalue weighted by Gasteiger charge is -2.06. The zero-order valence-electron chi connectivity index (χ0n) is 16.1. The van der Waals surface area contributed by atoms with Crippen LogP contribution in [0.5, 0.6) is 5.75 Å². The molecular weight excluding hydrogens is 400 g/mol. The van der Waals surface area contributed by atoms with E-state index in [1.165, 1.54) is 34.5 Å². The molecule has 8 heteroatoms. The van der Waals surface area contributed by atoms with E-state index in [-0.39, 0.29) is 17.9 Å². The summed E-state index contributed by atoms with van der Waals surface area (Å²) in [4.78, 5) is 30.2. The number of hydrogen-bond acceptors (Lipinski definition) is 6. The summed E-state index contributed by atoms with van der Waals surface area (Å²) in [6.45, 7) is 1.79. The van der Waals surface area contributed by atoms with Crippen molar-refractivity contribution >= 4 is 33.7 Å². The number of aromatic nitrogens is 2. The van der Waals surface area contributed by atoms with E-state index >= 15 is 0 Å². The number of amides is 1. The van der Waals surface area contributed by atoms with Crippen LogP contribution in [0.3, 0.4) is 0 Å². The van der Waals surface area contributed by atoms with Gasteiger partial charge in [-0.1, -0.05) is 42.0 Å². The molecule has 0 aliphatic carbocycles. The van der Waals surface area contributed by atoms with E-state index in [1.54, 1.807) is 18.2 Å². The first kappa shape index (κ1) is 19.5. The highest BCUT2D eigenvalue weighted by Gasteiger charge is 2.14. The van der Waals surface area contributed by atoms with E-state index in [4.69, 9.17) is 0 Å². The Morgan fingerprint density at radius 3 is 2.77 bits per heavy atom. The first-order valence-electron chi connectivity index (χ1n) is 9.16. The zero-order valence-corrected chi connectivity index (χ0v) is 16.9. The van der Waals surface area contributed by atoms with Gasteiger partial charge in [0.1, 0.15) is 17.1 Å². The Bertz CT molecular complexity index is 1310. The Labute approximate surface area is 176 Å². The summed E-state index contributed by atoms with van der Waals surface area (Å²) in [7, 11) is 0. The highest BCUT2D eigenvalue weighted by atomic mass is 32.1. The van der Waals surface area contributed by atoms with Gasteiger partial charge >= 0.3 is 0 Å². The minimum absolute atomic E-state index is 0.0578. The third kappa shape index (κ3) is 3.99. The summed E-state index contributed by atoms with van der Waals surface area (Å²) in [5.41, 5.74) is 5.42. The highest BCUT2D eigenvalue weighted by molar-refractivity contribution is 7.17. The van der Waals surface area contributed by atoms with Crippen molar-refractivity contribution in [1.29, 1.82) is 0 Å². The van der Waals surface area contributed by atoms with Gasteiger partial charge in [0.05, 0.1) is 17.9 Å². The number of fused-ring (bicyclic) bond motifs is 1. The number of aryl methyl sites for hydroxylation is 1. The van der Waals surface area contributed by atoms with Gasteiger partial charge in [-0.15, -0.1) is 11.3 Å². The molecule has 30 heavy (non-hydrogen) atoms. The minimum Gasteiger partial charge on any atom is -0.507 e. The first-order valence-corrected chi connectivity index (χ1v) is 10.0. The topological polar surface area (TPSA) is 96.6 Å². The fraction of sp³-hybridized carbons (Fsp3) is 0.0909. The molecule has 4 aromatic rings. The number of rotatable bonds is 5. The molecule has 0 aliphatic rings. The van der Waals surface area contributed by atoms with E-state index in [2.05, 4.69) is 15.5 Å². The molecule has 2 heterocycles. The molecule has 1 amide bonds. The Kier molecular flexibility index (Phi) is 5.40. The van der Waals surface area contributed by atoms with Crippen LogP contribution < -0.4 is 11.0 Å². The third-order valence-corrected chi connectivity index (χ3v) is 5.45. The molecule has 2 aromatic heterocycles. The number of hydrogen-bond donors (Lipinski definition) is 2. The van der Waals surface area contributed by atoms with Crippen LogP contribution in [0.15, 0.2) is 70.1 Å². The van der Waals surface area contributed by atoms with Crippen molar-refractivity contribution in [3.8, 4) is 16.9 Å². The van der Waals surface area contributed by atoms with Crippen LogP contribution in [0.2, 0.25) is 0 Å². The standard InChI is InChI=1S/C22H18N4O3S/c1-14-6-8-15(9-7-14)17-12-30-21-20(17)22(29)26(13-23-21)11-19(28)25-24-10-16-4-2-3-5-18(16)27/h2-10,12-13,27H,11H2,1H3,(H,25,28)/b24-10+. The van der Waals surface area contributed by atoms with Gasteiger partial charge < -0.3 is 5.11 Å². The molecule has 0 unspecified atom stereocenters. The Morgan fingerprint density at radius 2 is 2.00 bits per heavy atom. The van der Waals surface area contributed by atoms with Gasteiger partial charge in [-0.2, -0.15) is 5.10 Å². The monoisotopic (exact) mass is 418 g/mol. The molecule has 150 valence electrons. The maximum atomic E-state index is 13.0. The summed E-state index contributed by atoms with van der Waals surface area (Å²) in [6.07, 6.45) is 2.71. The lowest BCUT2D eigenvalue weighted by molar-refractivity contribution is -0.121. The van der Waals surface area contributed by atoms with Gasteiger partial charge in [0, 0.05) is 16.5 Å². The van der Waals surface area contributed by atoms with Gasteiger partial charge in [-0.25, -0.2) is 10.4 Å². The lowest BCUT2D eigenvalue weighted by atomic mass is 10.1. The fourth-order valence-corrected chi connectivity index (χ4v) is 3.89. The van der Waals surface area contributed by atoms with Crippen molar-refractivity contribution in [3.63, 3.8) is 0 Å². The molecule has 4 rings (SSSR count). The summed E-state index contributed by atoms with van der Waals surface area (Å²) in [5.74, 6) is -0.417. The number of phenolic OH excluding ortho intramolecular Hbond substituents is 1. The number of nitrogens with zero attached hydrogens (tertiary/aromatic N) is 3. The molecule has 0 bridgehead atoms. The number of hydrazone groups is 1. The number of benzene rings is 2. The summed E-state index contributed by atoms with van der Waals surface area (Å²) in [5, 5.41) is 15.9. The predicted octanol–water partition coefficient (Wildman–Crippen LogP) is 3.29. The largest absolute Gasteiger partial charge is 0.507 e. The van der Waals surface area contributed by atoms with Crippen molar-refractivity contribution < 1.29 is 9.90 Å². The Balaban J connectivity index is 1.56. The van der Waals surface area contributed by atoms with Crippen LogP contribution >= 0.6 is 11.3 Å². The number of aromatic hydroxyl groups is 1. The van der Waals surface area contributed by atoms with Crippen LogP contribution in [-0.4, -0.2) is 26.8 Å². The smallest absolute Gasteiger partial charge is 0.263 e. The summed E-state index contributed by atoms with van der Waals surface area (Å²) >= 11 is 1.40. The van der Waals surface area contributed by atoms with Crippen molar-refractivity contribution in [3.05, 3.63) is 81.7 Å². The normalized spacial score (nSPS) is 11.2. The predicted molar refractivity (Wildman–Crippen MR) is 118 cm³/mol. The SMILES string of the molecule is Cc1ccc(-c2csc3ncn(CC(=O)N/N=C/c4ccccc4O)c(=O)c23)cc1. The molecule has 0 atom stereocenters. The van der Waals surface area contributed by atoms with Crippen LogP contribution in [0.1, 0.15) is 11.1 Å². The van der Waals surface area contributed by atoms with E-state index in [9.17, 15) is 14.7 Å². The maximum Gasteiger partial charge on any atom is 0.263 e. The highest BCUT2D eigenvalue weighted by Crippen LogP contribution is 2.30. The van der Waals surface area contributed by atoms with Crippen LogP contribution in [0.4, 0.5) is 0 Å². The average Bonchev–Trinajstić information content (AvgIpc) is 3.17. The van der Waals surface area contributed by atoms with Crippen molar-refractivity contribution in [2.75, 3.05) is 0 Å². The number of nitrogens with one attached hydrogen (secondary N) is 1. The van der Waals surface area contributed by atoms with E-state index in [0.717, 1.165) is 16.7 Å². The average molecular weight is 418 g/mol. The molecule has 0 radical (unpaired) electrons. The Morgan fingerprint density at radius 1 is 1.23 bits per heavy atom. The zero-order chi connectivity index (χ0) is 21.1. The van der Waals surface area contributed by atoms with Crippen LogP contribution in [-0.2, 0) is 11.3 Å². The summed E-state index contributed by atoms with van der Waals surface area (Å²) in [6, 6.07) is 14.5. The molecule has 7 nitrogen and oxygen atoms in total. The van der Waals surface area contributed by atoms with E-state index in [0.29, 0.717) is 15.8 Å². The van der Waals surface area contributed by atoms with Gasteiger partial charge in [0.25, 0.3) is 11.5 Å². The number of phenols is 1. The molecule has 2 aromatic carbocycles. The van der Waals surface area contributed by atoms with Gasteiger partial charge in [-0.3, -0.25) is 14.2 Å². The fourth-order valence-electron chi connectivity index (χ4n) is 2.99. The molecule has 0 saturated carbocycles. The minimum atomic E-state index is -0.475. The van der Waals surface area contributed by atoms with E-state index in [1.807, 2.05) is 36.6 Å². The molecule has 2 N–H and O–H groups in total. The van der Waals surface area contributed by atoms with Crippen LogP contribution in [0.25, 0.3) is 21.3 Å². The van der Waals surface area contributed by atoms with Crippen molar-refractivity contribution in [2.45, 2.75) is 13.5 Å². The van der Waals surface area contributed by atoms with Gasteiger partial charge in [-0.05, 0) is 24.6 Å². The van der Waals surface area contributed by atoms with Gasteiger partial charge in [0.2, 0.25) is 0 Å². The number of carbonyl (C=O) groups excluding carboxylic acids is 1. The molecule has 0 spiro atoms. The van der Waals surface area contributed by atoms with Crippen molar-refractivity contribution in [2.24, 2.45) is 5.10 Å². The van der Waals surface area contributed by atoms with Crippen molar-refractivity contribution in [1.82, 2.24) is 15.0 Å². The second kappa shape index (κ2) is 8.30. The Hall–Kier alpha value is -3.78. The second-order valence-electron chi connectivity index (χ2n) is 6.73. The van der Waals surface area contributed by atoms with E-state index < -0.39 is 5.91 Å². The van der Waals surface area contributed by atoms with Crippen LogP contribution in [0, 0.1) is 6.92 Å². The quantitative estimate of drug-likeness (QED) is 0.384. The number of para-hydroxylation sites is 1. The molecule has 0 saturated heterocycles. The molecule has 0 fully saturated rings. The number of thiophene rings is 1. The maximum absolute atomic E-state index is 13.0. The number of carbonyl (C=O) groups is 1. The molecule has 0 aliphatic heterocycles. The lowest BCUT2D eigenvalue weighted by Crippen LogP contribution is -2.30. The van der Waals surface area contributed by atoms with Gasteiger partial charge in [0.15, 0.2) is 0 Å².